The van der Waals surface area contributed by atoms with Crippen molar-refractivity contribution in [1.29, 1.82) is 0 Å². The molecule has 0 atom stereocenters. The van der Waals surface area contributed by atoms with Crippen LogP contribution in [0.5, 0.6) is 0 Å². The predicted octanol–water partition coefficient (Wildman–Crippen LogP) is -2.97. The molecule has 7 heteroatoms. The summed E-state index contributed by atoms with van der Waals surface area (Å²) < 4.78 is 0. The molecule has 0 rings (SSSR count). The van der Waals surface area contributed by atoms with E-state index in [9.17, 15) is 0 Å². The average Bonchev–Trinajstić information content (AvgIpc) is 0.811. The molecule has 0 heterocycles. The molecular formula is H5BCaGdLaO3. The molecule has 0 amide bonds. The van der Waals surface area contributed by atoms with Gasteiger partial charge in [0.15, 0.2) is 0 Å². The van der Waals surface area contributed by atoms with Gasteiger partial charge in [0.05, 0.1) is 0 Å². The zero-order valence-corrected chi connectivity index (χ0v) is 8.74. The minimum Gasteiger partial charge on any atom is 0 e. The molecule has 0 spiro atoms. The van der Waals surface area contributed by atoms with Gasteiger partial charge >= 0.3 is 45.1 Å². The van der Waals surface area contributed by atoms with E-state index in [0.717, 1.165) is 0 Å². The van der Waals surface area contributed by atoms with Crippen molar-refractivity contribution in [1.82, 2.24) is 0 Å². The first kappa shape index (κ1) is 22.4. The third kappa shape index (κ3) is 41.8. The second kappa shape index (κ2) is 16.4. The Labute approximate surface area is 132 Å². The molecule has 3 nitrogen and oxygen atoms in total. The Bertz CT molecular complexity index is 19.7. The van der Waals surface area contributed by atoms with Gasteiger partial charge in [0, 0.05) is 75.5 Å². The van der Waals surface area contributed by atoms with Gasteiger partial charge in [0.2, 0.25) is 0 Å². The van der Waals surface area contributed by atoms with Crippen LogP contribution in [0.4, 0.5) is 0 Å². The predicted molar refractivity (Wildman–Crippen MR) is 21.0 cm³/mol. The Kier molecular flexibility index (Phi) is 52.4. The topological polar surface area (TPSA) is 60.7 Å². The molecule has 0 aromatic carbocycles. The minimum atomic E-state index is -2.17. The van der Waals surface area contributed by atoms with Gasteiger partial charge in [0.25, 0.3) is 0 Å². The monoisotopic (exact) mass is 401 g/mol. The fourth-order valence-corrected chi connectivity index (χ4v) is 0. The van der Waals surface area contributed by atoms with Gasteiger partial charge in [-0.3, -0.25) is 0 Å². The van der Waals surface area contributed by atoms with Gasteiger partial charge in [-0.05, 0) is 0 Å². The first-order valence-electron chi connectivity index (χ1n) is 0.775. The van der Waals surface area contributed by atoms with E-state index in [1.54, 1.807) is 0 Å². The molecule has 0 aliphatic heterocycles. The fourth-order valence-electron chi connectivity index (χ4n) is 0. The zero-order chi connectivity index (χ0) is 3.58. The second-order valence-electron chi connectivity index (χ2n) is 0.346. The summed E-state index contributed by atoms with van der Waals surface area (Å²) in [5.74, 6) is 0. The molecule has 0 aliphatic rings. The van der Waals surface area contributed by atoms with Crippen LogP contribution in [0, 0.1) is 75.5 Å². The maximum absolute atomic E-state index is 7.17. The molecule has 0 unspecified atom stereocenters. The van der Waals surface area contributed by atoms with Gasteiger partial charge in [-0.2, -0.15) is 0 Å². The van der Waals surface area contributed by atoms with Crippen LogP contribution in [0.2, 0.25) is 0 Å². The first-order valence-corrected chi connectivity index (χ1v) is 0.775. The zero-order valence-electron chi connectivity index (χ0n) is 2.85. The number of hydrogen-bond donors (Lipinski definition) is 3. The quantitative estimate of drug-likeness (QED) is 0.381. The van der Waals surface area contributed by atoms with Crippen LogP contribution >= 0.6 is 0 Å². The molecule has 39 valence electrons. The molecule has 0 saturated heterocycles. The van der Waals surface area contributed by atoms with Gasteiger partial charge in [-0.15, -0.1) is 0 Å². The Morgan fingerprint density at radius 1 is 1.00 bits per heavy atom. The largest absolute Gasteiger partial charge is 0 e. The normalized spacial score (nSPS) is 3.86. The van der Waals surface area contributed by atoms with Crippen molar-refractivity contribution in [2.24, 2.45) is 0 Å². The third-order valence-electron chi connectivity index (χ3n) is 0. The fraction of sp³-hybridized carbons (Fsp3) is 0. The van der Waals surface area contributed by atoms with Crippen LogP contribution in [-0.4, -0.2) is 60.1 Å². The maximum atomic E-state index is 7.17. The van der Waals surface area contributed by atoms with Crippen molar-refractivity contribution in [3.05, 3.63) is 0 Å². The molecule has 0 aliphatic carbocycles. The minimum absolute atomic E-state index is 0. The van der Waals surface area contributed by atoms with Crippen molar-refractivity contribution in [2.45, 2.75) is 0 Å². The second-order valence-corrected chi connectivity index (χ2v) is 0.346. The van der Waals surface area contributed by atoms with Crippen LogP contribution in [0.3, 0.4) is 0 Å². The summed E-state index contributed by atoms with van der Waals surface area (Å²) in [6.45, 7) is 0. The smallest absolute Gasteiger partial charge is 0 e. The molecule has 0 aromatic rings. The van der Waals surface area contributed by atoms with Crippen LogP contribution in [0.25, 0.3) is 0 Å². The van der Waals surface area contributed by atoms with E-state index in [-0.39, 0.29) is 113 Å². The number of rotatable bonds is 0. The van der Waals surface area contributed by atoms with E-state index in [1.807, 2.05) is 0 Å². The molecule has 0 bridgehead atoms. The number of hydrogen-bond acceptors (Lipinski definition) is 3. The standard InChI is InChI=1S/BH3O3.Ca.Gd.La.2H/c2-1(3)4;;;;;/h2-4H;;;;;. The molecule has 0 fully saturated rings. The summed E-state index contributed by atoms with van der Waals surface area (Å²) in [7, 11) is -2.17. The van der Waals surface area contributed by atoms with Crippen molar-refractivity contribution >= 4 is 45.1 Å². The Morgan fingerprint density at radius 3 is 1.00 bits per heavy atom. The first-order chi connectivity index (χ1) is 1.73. The summed E-state index contributed by atoms with van der Waals surface area (Å²) in [6, 6.07) is 0. The van der Waals surface area contributed by atoms with Crippen LogP contribution in [-0.2, 0) is 0 Å². The van der Waals surface area contributed by atoms with E-state index in [4.69, 9.17) is 15.1 Å². The third-order valence-corrected chi connectivity index (χ3v) is 0. The van der Waals surface area contributed by atoms with E-state index >= 15 is 0 Å². The SMILES string of the molecule is OB(O)O.[CaH2].[Gd].[La]. The van der Waals surface area contributed by atoms with E-state index < -0.39 is 7.32 Å². The van der Waals surface area contributed by atoms with Gasteiger partial charge in [-0.25, -0.2) is 0 Å². The van der Waals surface area contributed by atoms with Crippen LogP contribution in [0.1, 0.15) is 0 Å². The van der Waals surface area contributed by atoms with E-state index in [0.29, 0.717) is 0 Å². The van der Waals surface area contributed by atoms with E-state index in [2.05, 4.69) is 0 Å². The summed E-state index contributed by atoms with van der Waals surface area (Å²) >= 11 is 0. The Balaban J connectivity index is -0.0000000150. The summed E-state index contributed by atoms with van der Waals surface area (Å²) in [5, 5.41) is 21.5. The van der Waals surface area contributed by atoms with Crippen LogP contribution in [0.15, 0.2) is 0 Å². The molecule has 3 N–H and O–H groups in total. The maximum Gasteiger partial charge on any atom is 0 e. The average molecular weight is 400 g/mol. The van der Waals surface area contributed by atoms with Gasteiger partial charge in [-0.1, -0.05) is 0 Å². The molecular weight excluding hydrogens is 395 g/mol. The van der Waals surface area contributed by atoms with Crippen molar-refractivity contribution < 1.29 is 90.6 Å². The molecule has 0 aromatic heterocycles. The van der Waals surface area contributed by atoms with Gasteiger partial charge < -0.3 is 15.1 Å². The Hall–Kier alpha value is 3.72. The molecule has 1 radical (unpaired) electrons. The van der Waals surface area contributed by atoms with Crippen molar-refractivity contribution in [3.63, 3.8) is 0 Å². The van der Waals surface area contributed by atoms with Gasteiger partial charge in [0.1, 0.15) is 0 Å². The summed E-state index contributed by atoms with van der Waals surface area (Å²) in [6.07, 6.45) is 0. The van der Waals surface area contributed by atoms with Crippen LogP contribution < -0.4 is 0 Å². The Morgan fingerprint density at radius 2 is 1.00 bits per heavy atom. The summed E-state index contributed by atoms with van der Waals surface area (Å²) in [4.78, 5) is 0. The summed E-state index contributed by atoms with van der Waals surface area (Å²) in [5.41, 5.74) is 0. The van der Waals surface area contributed by atoms with E-state index in [1.165, 1.54) is 0 Å². The van der Waals surface area contributed by atoms with Crippen molar-refractivity contribution in [3.8, 4) is 0 Å². The molecule has 7 heavy (non-hydrogen) atoms. The van der Waals surface area contributed by atoms with Crippen molar-refractivity contribution in [2.75, 3.05) is 0 Å². The molecule has 0 saturated carbocycles.